The number of rotatable bonds is 3. The van der Waals surface area contributed by atoms with Crippen molar-refractivity contribution >= 4 is 33.7 Å². The first kappa shape index (κ1) is 16.2. The number of hydrogen-bond donors (Lipinski definition) is 3. The van der Waals surface area contributed by atoms with Crippen LogP contribution >= 0.6 is 0 Å². The third-order valence-electron chi connectivity index (χ3n) is 4.56. The minimum atomic E-state index is -0.322. The number of aromatic nitrogens is 4. The molecule has 2 aromatic carbocycles. The number of carbonyl (C=O) groups excluding carboxylic acids is 1. The number of fused-ring (bicyclic) bond motifs is 2. The lowest BCUT2D eigenvalue weighted by atomic mass is 10.2. The zero-order chi connectivity index (χ0) is 19.1. The number of nitrogens with one attached hydrogen (secondary N) is 3. The lowest BCUT2D eigenvalue weighted by molar-refractivity contribution is 0.102. The zero-order valence-corrected chi connectivity index (χ0v) is 14.5. The number of anilines is 1. The predicted octanol–water partition coefficient (Wildman–Crippen LogP) is 4.50. The van der Waals surface area contributed by atoms with Gasteiger partial charge in [0.25, 0.3) is 5.91 Å². The number of hydrogen-bond acceptors (Lipinski definition) is 3. The monoisotopic (exact) mass is 371 g/mol. The molecule has 7 heteroatoms. The molecular formula is C21H14FN5O. The van der Waals surface area contributed by atoms with Crippen LogP contribution in [0.15, 0.2) is 67.0 Å². The fraction of sp³-hybridized carbons (Fsp3) is 0. The molecule has 0 radical (unpaired) electrons. The van der Waals surface area contributed by atoms with Gasteiger partial charge in [0.1, 0.15) is 17.2 Å². The molecule has 28 heavy (non-hydrogen) atoms. The normalized spacial score (nSPS) is 11.2. The molecule has 0 aliphatic rings. The van der Waals surface area contributed by atoms with Crippen LogP contribution in [-0.4, -0.2) is 25.8 Å². The molecule has 3 aromatic heterocycles. The quantitative estimate of drug-likeness (QED) is 0.436. The summed E-state index contributed by atoms with van der Waals surface area (Å²) in [5.74, 6) is -0.0756. The van der Waals surface area contributed by atoms with Crippen LogP contribution in [0.5, 0.6) is 0 Å². The second kappa shape index (κ2) is 6.31. The number of aromatic amines is 2. The highest BCUT2D eigenvalue weighted by Gasteiger charge is 2.16. The average molecular weight is 371 g/mol. The van der Waals surface area contributed by atoms with Gasteiger partial charge in [-0.15, -0.1) is 0 Å². The van der Waals surface area contributed by atoms with Crippen LogP contribution in [-0.2, 0) is 0 Å². The Morgan fingerprint density at radius 1 is 1.04 bits per heavy atom. The van der Waals surface area contributed by atoms with Crippen LogP contribution in [0, 0.1) is 5.82 Å². The molecule has 5 aromatic rings. The summed E-state index contributed by atoms with van der Waals surface area (Å²) in [5, 5.41) is 3.91. The molecule has 1 amide bonds. The summed E-state index contributed by atoms with van der Waals surface area (Å²) in [7, 11) is 0. The molecule has 0 spiro atoms. The van der Waals surface area contributed by atoms with Crippen LogP contribution < -0.4 is 5.32 Å². The number of H-pyrrole nitrogens is 2. The second-order valence-corrected chi connectivity index (χ2v) is 6.38. The van der Waals surface area contributed by atoms with Gasteiger partial charge < -0.3 is 15.3 Å². The van der Waals surface area contributed by atoms with E-state index in [1.807, 2.05) is 30.5 Å². The topological polar surface area (TPSA) is 86.5 Å². The molecule has 0 bridgehead atoms. The molecule has 6 nitrogen and oxygen atoms in total. The zero-order valence-electron chi connectivity index (χ0n) is 14.5. The van der Waals surface area contributed by atoms with Gasteiger partial charge in [-0.3, -0.25) is 4.79 Å². The maximum absolute atomic E-state index is 13.2. The summed E-state index contributed by atoms with van der Waals surface area (Å²) in [6.07, 6.45) is 3.41. The first-order valence-corrected chi connectivity index (χ1v) is 8.66. The van der Waals surface area contributed by atoms with Crippen molar-refractivity contribution in [2.24, 2.45) is 0 Å². The molecule has 0 fully saturated rings. The summed E-state index contributed by atoms with van der Waals surface area (Å²) in [4.78, 5) is 27.8. The minimum Gasteiger partial charge on any atom is -0.361 e. The number of pyridine rings is 1. The number of halogens is 1. The molecule has 0 aliphatic heterocycles. The van der Waals surface area contributed by atoms with Crippen LogP contribution in [0.25, 0.3) is 33.5 Å². The van der Waals surface area contributed by atoms with E-state index in [4.69, 9.17) is 0 Å². The highest BCUT2D eigenvalue weighted by molar-refractivity contribution is 6.11. The van der Waals surface area contributed by atoms with E-state index in [1.165, 1.54) is 12.1 Å². The molecular weight excluding hydrogens is 357 g/mol. The van der Waals surface area contributed by atoms with Crippen LogP contribution in [0.3, 0.4) is 0 Å². The molecule has 5 rings (SSSR count). The highest BCUT2D eigenvalue weighted by atomic mass is 19.1. The molecule has 136 valence electrons. The largest absolute Gasteiger partial charge is 0.361 e. The van der Waals surface area contributed by atoms with E-state index in [0.29, 0.717) is 33.8 Å². The second-order valence-electron chi connectivity index (χ2n) is 6.38. The van der Waals surface area contributed by atoms with Crippen LogP contribution in [0.4, 0.5) is 10.1 Å². The van der Waals surface area contributed by atoms with Gasteiger partial charge in [0.2, 0.25) is 0 Å². The first-order chi connectivity index (χ1) is 13.7. The van der Waals surface area contributed by atoms with Crippen molar-refractivity contribution < 1.29 is 9.18 Å². The maximum atomic E-state index is 13.2. The lowest BCUT2D eigenvalue weighted by Crippen LogP contribution is -2.12. The van der Waals surface area contributed by atoms with Gasteiger partial charge in [0, 0.05) is 34.5 Å². The SMILES string of the molecule is O=C(Nc1ccc2[nH]ccc2c1)c1ccnc2[nH]c(-c3ccc(F)cc3)nc12. The Balaban J connectivity index is 1.50. The Kier molecular flexibility index (Phi) is 3.65. The summed E-state index contributed by atoms with van der Waals surface area (Å²) >= 11 is 0. The molecule has 0 aliphatic carbocycles. The number of amides is 1. The van der Waals surface area contributed by atoms with Crippen LogP contribution in [0.2, 0.25) is 0 Å². The first-order valence-electron chi connectivity index (χ1n) is 8.66. The summed E-state index contributed by atoms with van der Waals surface area (Å²) in [6.45, 7) is 0. The van der Waals surface area contributed by atoms with E-state index in [1.54, 1.807) is 24.4 Å². The van der Waals surface area contributed by atoms with Crippen molar-refractivity contribution in [1.29, 1.82) is 0 Å². The van der Waals surface area contributed by atoms with Gasteiger partial charge in [0.15, 0.2) is 5.65 Å². The van der Waals surface area contributed by atoms with Crippen molar-refractivity contribution in [3.63, 3.8) is 0 Å². The Morgan fingerprint density at radius 2 is 1.89 bits per heavy atom. The Labute approximate surface area is 158 Å². The number of imidazole rings is 1. The minimum absolute atomic E-state index is 0.278. The number of benzene rings is 2. The predicted molar refractivity (Wildman–Crippen MR) is 106 cm³/mol. The van der Waals surface area contributed by atoms with Crippen molar-refractivity contribution in [2.75, 3.05) is 5.32 Å². The molecule has 0 saturated carbocycles. The average Bonchev–Trinajstić information content (AvgIpc) is 3.34. The smallest absolute Gasteiger partial charge is 0.258 e. The van der Waals surface area contributed by atoms with Gasteiger partial charge in [-0.2, -0.15) is 0 Å². The molecule has 3 heterocycles. The van der Waals surface area contributed by atoms with Gasteiger partial charge in [-0.1, -0.05) is 0 Å². The van der Waals surface area contributed by atoms with E-state index >= 15 is 0 Å². The van der Waals surface area contributed by atoms with Crippen molar-refractivity contribution in [1.82, 2.24) is 19.9 Å². The van der Waals surface area contributed by atoms with E-state index in [-0.39, 0.29) is 11.7 Å². The Morgan fingerprint density at radius 3 is 2.75 bits per heavy atom. The van der Waals surface area contributed by atoms with E-state index in [9.17, 15) is 9.18 Å². The Bertz CT molecular complexity index is 1320. The lowest BCUT2D eigenvalue weighted by Gasteiger charge is -2.06. The van der Waals surface area contributed by atoms with Crippen molar-refractivity contribution in [2.45, 2.75) is 0 Å². The third-order valence-corrected chi connectivity index (χ3v) is 4.56. The summed E-state index contributed by atoms with van der Waals surface area (Å²) in [5.41, 5.74) is 3.76. The van der Waals surface area contributed by atoms with E-state index in [2.05, 4.69) is 25.3 Å². The van der Waals surface area contributed by atoms with Gasteiger partial charge in [-0.25, -0.2) is 14.4 Å². The fourth-order valence-corrected chi connectivity index (χ4v) is 3.17. The fourth-order valence-electron chi connectivity index (χ4n) is 3.17. The number of nitrogens with zero attached hydrogens (tertiary/aromatic N) is 2. The summed E-state index contributed by atoms with van der Waals surface area (Å²) in [6, 6.07) is 15.2. The Hall–Kier alpha value is -4.00. The van der Waals surface area contributed by atoms with E-state index < -0.39 is 0 Å². The highest BCUT2D eigenvalue weighted by Crippen LogP contribution is 2.23. The van der Waals surface area contributed by atoms with E-state index in [0.717, 1.165) is 10.9 Å². The summed E-state index contributed by atoms with van der Waals surface area (Å²) < 4.78 is 13.2. The molecule has 0 saturated heterocycles. The molecule has 0 atom stereocenters. The standard InChI is InChI=1S/C21H14FN5O/c22-14-3-1-12(2-4-14)19-26-18-16(8-10-24-20(18)27-19)21(28)25-15-5-6-17-13(11-15)7-9-23-17/h1-11,23H,(H,25,28)(H,24,26,27). The molecule has 0 unspecified atom stereocenters. The van der Waals surface area contributed by atoms with Gasteiger partial charge in [-0.05, 0) is 54.6 Å². The molecule has 3 N–H and O–H groups in total. The van der Waals surface area contributed by atoms with Crippen molar-refractivity contribution in [3.8, 4) is 11.4 Å². The third kappa shape index (κ3) is 2.79. The van der Waals surface area contributed by atoms with Gasteiger partial charge in [0.05, 0.1) is 5.56 Å². The van der Waals surface area contributed by atoms with Crippen molar-refractivity contribution in [3.05, 3.63) is 78.4 Å². The van der Waals surface area contributed by atoms with Crippen LogP contribution in [0.1, 0.15) is 10.4 Å². The number of carbonyl (C=O) groups is 1. The van der Waals surface area contributed by atoms with Gasteiger partial charge >= 0.3 is 0 Å². The maximum Gasteiger partial charge on any atom is 0.258 e.